The Kier molecular flexibility index (Phi) is 6.85. The largest absolute Gasteiger partial charge is 0.459 e. The van der Waals surface area contributed by atoms with Crippen LogP contribution >= 0.6 is 0 Å². The highest BCUT2D eigenvalue weighted by Gasteiger charge is 2.37. The average Bonchev–Trinajstić information content (AvgIpc) is 3.30. The molecule has 0 fully saturated rings. The van der Waals surface area contributed by atoms with Crippen molar-refractivity contribution in [1.82, 2.24) is 9.80 Å². The van der Waals surface area contributed by atoms with E-state index in [0.29, 0.717) is 19.5 Å². The first-order valence-electron chi connectivity index (χ1n) is 9.62. The Morgan fingerprint density at radius 3 is 2.43 bits per heavy atom. The van der Waals surface area contributed by atoms with Crippen LogP contribution in [0, 0.1) is 0 Å². The van der Waals surface area contributed by atoms with Crippen LogP contribution in [0.5, 0.6) is 0 Å². The van der Waals surface area contributed by atoms with Gasteiger partial charge in [-0.05, 0) is 23.3 Å². The van der Waals surface area contributed by atoms with E-state index in [2.05, 4.69) is 13.2 Å². The van der Waals surface area contributed by atoms with Crippen LogP contribution in [0.3, 0.4) is 0 Å². The summed E-state index contributed by atoms with van der Waals surface area (Å²) in [4.78, 5) is 41.1. The van der Waals surface area contributed by atoms with Gasteiger partial charge < -0.3 is 19.0 Å². The number of carbonyl (C=O) groups excluding carboxylic acids is 3. The minimum absolute atomic E-state index is 0.145. The Morgan fingerprint density at radius 1 is 1.10 bits per heavy atom. The van der Waals surface area contributed by atoms with E-state index in [1.807, 2.05) is 24.3 Å². The van der Waals surface area contributed by atoms with Gasteiger partial charge >= 0.3 is 5.97 Å². The molecule has 0 aliphatic carbocycles. The van der Waals surface area contributed by atoms with Gasteiger partial charge in [-0.1, -0.05) is 36.4 Å². The summed E-state index contributed by atoms with van der Waals surface area (Å²) in [6.07, 6.45) is 4.89. The molecule has 1 aliphatic heterocycles. The van der Waals surface area contributed by atoms with Gasteiger partial charge in [-0.25, -0.2) is 4.79 Å². The Balaban J connectivity index is 1.75. The van der Waals surface area contributed by atoms with Crippen molar-refractivity contribution < 1.29 is 23.5 Å². The topological polar surface area (TPSA) is 80.1 Å². The standard InChI is InChI=1S/C23H24N2O5/c1-3-11-24(12-4-2)21(26)16-30-23(28)19-14-17-8-5-6-9-18(17)15-25(19)22(27)20-10-7-13-29-20/h3-10,13,19H,1-2,11-12,14-16H2. The van der Waals surface area contributed by atoms with E-state index < -0.39 is 24.5 Å². The minimum atomic E-state index is -0.849. The predicted molar refractivity (Wildman–Crippen MR) is 110 cm³/mol. The third kappa shape index (κ3) is 4.68. The van der Waals surface area contributed by atoms with Crippen molar-refractivity contribution in [3.05, 3.63) is 84.9 Å². The highest BCUT2D eigenvalue weighted by Crippen LogP contribution is 2.26. The number of carbonyl (C=O) groups is 3. The molecule has 156 valence electrons. The number of nitrogens with zero attached hydrogens (tertiary/aromatic N) is 2. The van der Waals surface area contributed by atoms with Crippen LogP contribution in [0.2, 0.25) is 0 Å². The summed E-state index contributed by atoms with van der Waals surface area (Å²) < 4.78 is 10.5. The Hall–Kier alpha value is -3.61. The molecule has 1 aliphatic rings. The van der Waals surface area contributed by atoms with Crippen molar-refractivity contribution in [2.45, 2.75) is 19.0 Å². The van der Waals surface area contributed by atoms with Gasteiger partial charge in [-0.3, -0.25) is 9.59 Å². The molecule has 2 aromatic rings. The summed E-state index contributed by atoms with van der Waals surface area (Å²) in [6.45, 7) is 7.72. The fourth-order valence-electron chi connectivity index (χ4n) is 3.40. The van der Waals surface area contributed by atoms with Crippen LogP contribution in [0.4, 0.5) is 0 Å². The lowest BCUT2D eigenvalue weighted by Gasteiger charge is -2.35. The smallest absolute Gasteiger partial charge is 0.329 e. The van der Waals surface area contributed by atoms with Crippen molar-refractivity contribution >= 4 is 17.8 Å². The predicted octanol–water partition coefficient (Wildman–Crippen LogP) is 2.59. The zero-order chi connectivity index (χ0) is 21.5. The molecule has 0 bridgehead atoms. The highest BCUT2D eigenvalue weighted by molar-refractivity contribution is 5.95. The Labute approximate surface area is 175 Å². The molecule has 7 nitrogen and oxygen atoms in total. The van der Waals surface area contributed by atoms with Crippen molar-refractivity contribution in [1.29, 1.82) is 0 Å². The van der Waals surface area contributed by atoms with Crippen molar-refractivity contribution in [3.8, 4) is 0 Å². The third-order valence-corrected chi connectivity index (χ3v) is 4.90. The molecule has 30 heavy (non-hydrogen) atoms. The molecule has 0 saturated heterocycles. The lowest BCUT2D eigenvalue weighted by Crippen LogP contribution is -2.49. The number of esters is 1. The van der Waals surface area contributed by atoms with Crippen LogP contribution in [0.25, 0.3) is 0 Å². The van der Waals surface area contributed by atoms with Gasteiger partial charge in [0, 0.05) is 26.1 Å². The number of rotatable bonds is 8. The number of fused-ring (bicyclic) bond motifs is 1. The fraction of sp³-hybridized carbons (Fsp3) is 0.261. The maximum absolute atomic E-state index is 12.9. The number of furan rings is 1. The molecular weight excluding hydrogens is 384 g/mol. The SMILES string of the molecule is C=CCN(CC=C)C(=O)COC(=O)C1Cc2ccccc2CN1C(=O)c1ccco1. The molecule has 1 aromatic heterocycles. The molecule has 1 atom stereocenters. The first kappa shape index (κ1) is 21.1. The minimum Gasteiger partial charge on any atom is -0.459 e. The summed E-state index contributed by atoms with van der Waals surface area (Å²) in [6, 6.07) is 9.94. The van der Waals surface area contributed by atoms with Gasteiger partial charge in [-0.2, -0.15) is 0 Å². The second-order valence-electron chi connectivity index (χ2n) is 6.88. The number of benzene rings is 1. The van der Waals surface area contributed by atoms with Gasteiger partial charge in [0.05, 0.1) is 6.26 Å². The molecule has 0 saturated carbocycles. The van der Waals surface area contributed by atoms with Gasteiger partial charge in [0.2, 0.25) is 0 Å². The summed E-state index contributed by atoms with van der Waals surface area (Å²) in [5.41, 5.74) is 1.93. The van der Waals surface area contributed by atoms with Crippen molar-refractivity contribution in [2.75, 3.05) is 19.7 Å². The van der Waals surface area contributed by atoms with E-state index in [9.17, 15) is 14.4 Å². The molecule has 0 N–H and O–H groups in total. The van der Waals surface area contributed by atoms with Crippen LogP contribution in [-0.2, 0) is 27.3 Å². The second kappa shape index (κ2) is 9.73. The van der Waals surface area contributed by atoms with E-state index in [-0.39, 0.29) is 18.2 Å². The van der Waals surface area contributed by atoms with Gasteiger partial charge in [0.15, 0.2) is 12.4 Å². The summed E-state index contributed by atoms with van der Waals surface area (Å²) in [5, 5.41) is 0. The maximum Gasteiger partial charge on any atom is 0.329 e. The van der Waals surface area contributed by atoms with E-state index >= 15 is 0 Å². The van der Waals surface area contributed by atoms with Crippen molar-refractivity contribution in [2.24, 2.45) is 0 Å². The molecule has 1 unspecified atom stereocenters. The lowest BCUT2D eigenvalue weighted by atomic mass is 9.93. The lowest BCUT2D eigenvalue weighted by molar-refractivity contribution is -0.156. The number of hydrogen-bond acceptors (Lipinski definition) is 5. The van der Waals surface area contributed by atoms with E-state index in [1.165, 1.54) is 16.1 Å². The molecule has 0 radical (unpaired) electrons. The highest BCUT2D eigenvalue weighted by atomic mass is 16.5. The number of amides is 2. The molecule has 3 rings (SSSR count). The summed E-state index contributed by atoms with van der Waals surface area (Å²) in [7, 11) is 0. The van der Waals surface area contributed by atoms with Crippen LogP contribution < -0.4 is 0 Å². The zero-order valence-corrected chi connectivity index (χ0v) is 16.7. The summed E-state index contributed by atoms with van der Waals surface area (Å²) >= 11 is 0. The quantitative estimate of drug-likeness (QED) is 0.496. The number of hydrogen-bond donors (Lipinski definition) is 0. The maximum atomic E-state index is 12.9. The normalized spacial score (nSPS) is 15.1. The van der Waals surface area contributed by atoms with Crippen molar-refractivity contribution in [3.63, 3.8) is 0 Å². The van der Waals surface area contributed by atoms with Crippen LogP contribution in [-0.4, -0.2) is 53.3 Å². The van der Waals surface area contributed by atoms with Gasteiger partial charge in [-0.15, -0.1) is 13.2 Å². The van der Waals surface area contributed by atoms with E-state index in [1.54, 1.807) is 24.3 Å². The molecule has 1 aromatic carbocycles. The van der Waals surface area contributed by atoms with Gasteiger partial charge in [0.25, 0.3) is 11.8 Å². The Morgan fingerprint density at radius 2 is 1.80 bits per heavy atom. The zero-order valence-electron chi connectivity index (χ0n) is 16.7. The molecule has 7 heteroatoms. The van der Waals surface area contributed by atoms with Crippen LogP contribution in [0.15, 0.2) is 72.4 Å². The van der Waals surface area contributed by atoms with Gasteiger partial charge in [0.1, 0.15) is 6.04 Å². The fourth-order valence-corrected chi connectivity index (χ4v) is 3.40. The summed E-state index contributed by atoms with van der Waals surface area (Å²) in [5.74, 6) is -1.24. The third-order valence-electron chi connectivity index (χ3n) is 4.90. The molecule has 2 amide bonds. The van der Waals surface area contributed by atoms with E-state index in [4.69, 9.17) is 9.15 Å². The first-order valence-corrected chi connectivity index (χ1v) is 9.62. The molecular formula is C23H24N2O5. The first-order chi connectivity index (χ1) is 14.5. The monoisotopic (exact) mass is 408 g/mol. The number of ether oxygens (including phenoxy) is 1. The van der Waals surface area contributed by atoms with E-state index in [0.717, 1.165) is 11.1 Å². The molecule has 0 spiro atoms. The Bertz CT molecular complexity index is 925. The average molecular weight is 408 g/mol. The van der Waals surface area contributed by atoms with Crippen LogP contribution in [0.1, 0.15) is 21.7 Å². The molecule has 2 heterocycles. The second-order valence-corrected chi connectivity index (χ2v) is 6.88.